The number of nitrogens with zero attached hydrogens (tertiary/aromatic N) is 1. The quantitative estimate of drug-likeness (QED) is 0.787. The molecule has 0 radical (unpaired) electrons. The van der Waals surface area contributed by atoms with Crippen molar-refractivity contribution < 1.29 is 19.4 Å². The lowest BCUT2D eigenvalue weighted by molar-refractivity contribution is 0.0693. The summed E-state index contributed by atoms with van der Waals surface area (Å²) in [6.07, 6.45) is 2.17. The van der Waals surface area contributed by atoms with Gasteiger partial charge in [-0.1, -0.05) is 18.2 Å². The number of fused-ring (bicyclic) bond motifs is 1. The molecule has 1 heterocycles. The summed E-state index contributed by atoms with van der Waals surface area (Å²) < 4.78 is 10.7. The van der Waals surface area contributed by atoms with E-state index in [1.807, 2.05) is 13.0 Å². The van der Waals surface area contributed by atoms with Gasteiger partial charge in [-0.15, -0.1) is 0 Å². The SMILES string of the molecule is CCOCCCOc1cnc2ccccc2c1C(=O)O. The fourth-order valence-corrected chi connectivity index (χ4v) is 1.94. The van der Waals surface area contributed by atoms with Crippen molar-refractivity contribution >= 4 is 16.9 Å². The van der Waals surface area contributed by atoms with E-state index in [-0.39, 0.29) is 5.56 Å². The summed E-state index contributed by atoms with van der Waals surface area (Å²) >= 11 is 0. The van der Waals surface area contributed by atoms with Crippen LogP contribution in [0.15, 0.2) is 30.5 Å². The Labute approximate surface area is 117 Å². The van der Waals surface area contributed by atoms with Gasteiger partial charge >= 0.3 is 5.97 Å². The van der Waals surface area contributed by atoms with Crippen molar-refractivity contribution in [2.75, 3.05) is 19.8 Å². The maximum atomic E-state index is 11.4. The van der Waals surface area contributed by atoms with Gasteiger partial charge in [0.15, 0.2) is 5.75 Å². The first-order valence-electron chi connectivity index (χ1n) is 6.55. The van der Waals surface area contributed by atoms with Crippen LogP contribution in [-0.4, -0.2) is 35.9 Å². The van der Waals surface area contributed by atoms with Gasteiger partial charge < -0.3 is 14.6 Å². The van der Waals surface area contributed by atoms with Crippen molar-refractivity contribution in [3.05, 3.63) is 36.0 Å². The second-order valence-corrected chi connectivity index (χ2v) is 4.22. The number of para-hydroxylation sites is 1. The highest BCUT2D eigenvalue weighted by atomic mass is 16.5. The fraction of sp³-hybridized carbons (Fsp3) is 0.333. The molecular formula is C15H17NO4. The lowest BCUT2D eigenvalue weighted by atomic mass is 10.1. The molecule has 1 N–H and O–H groups in total. The summed E-state index contributed by atoms with van der Waals surface area (Å²) in [5.74, 6) is -0.712. The summed E-state index contributed by atoms with van der Waals surface area (Å²) in [6, 6.07) is 7.12. The van der Waals surface area contributed by atoms with Crippen LogP contribution < -0.4 is 4.74 Å². The molecule has 0 aliphatic carbocycles. The first-order valence-corrected chi connectivity index (χ1v) is 6.55. The summed E-state index contributed by atoms with van der Waals surface area (Å²) in [5, 5.41) is 9.96. The normalized spacial score (nSPS) is 10.7. The van der Waals surface area contributed by atoms with Crippen LogP contribution in [0.5, 0.6) is 5.75 Å². The van der Waals surface area contributed by atoms with Crippen molar-refractivity contribution in [2.45, 2.75) is 13.3 Å². The molecule has 0 bridgehead atoms. The molecule has 1 aromatic carbocycles. The van der Waals surface area contributed by atoms with Gasteiger partial charge in [0.1, 0.15) is 5.56 Å². The first-order chi connectivity index (χ1) is 9.74. The number of benzene rings is 1. The molecule has 2 aromatic rings. The Bertz CT molecular complexity index is 597. The molecule has 0 amide bonds. The van der Waals surface area contributed by atoms with E-state index in [2.05, 4.69) is 4.98 Å². The number of aromatic carboxylic acids is 1. The third kappa shape index (κ3) is 3.24. The molecule has 20 heavy (non-hydrogen) atoms. The molecule has 0 atom stereocenters. The second-order valence-electron chi connectivity index (χ2n) is 4.22. The summed E-state index contributed by atoms with van der Waals surface area (Å²) in [6.45, 7) is 3.59. The van der Waals surface area contributed by atoms with Gasteiger partial charge in [-0.25, -0.2) is 4.79 Å². The summed E-state index contributed by atoms with van der Waals surface area (Å²) in [7, 11) is 0. The molecule has 5 nitrogen and oxygen atoms in total. The Hall–Kier alpha value is -2.14. The van der Waals surface area contributed by atoms with E-state index in [0.29, 0.717) is 42.9 Å². The van der Waals surface area contributed by atoms with Crippen LogP contribution in [0, 0.1) is 0 Å². The molecule has 1 aromatic heterocycles. The van der Waals surface area contributed by atoms with Crippen LogP contribution in [0.4, 0.5) is 0 Å². The van der Waals surface area contributed by atoms with Crippen LogP contribution in [0.3, 0.4) is 0 Å². The molecule has 2 rings (SSSR count). The average Bonchev–Trinajstić information content (AvgIpc) is 2.46. The first kappa shape index (κ1) is 14.3. The number of pyridine rings is 1. The molecule has 106 valence electrons. The van der Waals surface area contributed by atoms with E-state index in [9.17, 15) is 9.90 Å². The van der Waals surface area contributed by atoms with Gasteiger partial charge in [0.05, 0.1) is 18.3 Å². The molecule has 0 saturated carbocycles. The zero-order chi connectivity index (χ0) is 14.4. The molecule has 0 fully saturated rings. The minimum Gasteiger partial charge on any atom is -0.491 e. The van der Waals surface area contributed by atoms with E-state index in [1.54, 1.807) is 18.2 Å². The number of carbonyl (C=O) groups is 1. The van der Waals surface area contributed by atoms with Gasteiger partial charge in [0.2, 0.25) is 0 Å². The van der Waals surface area contributed by atoms with Crippen LogP contribution in [0.1, 0.15) is 23.7 Å². The highest BCUT2D eigenvalue weighted by molar-refractivity contribution is 6.04. The average molecular weight is 275 g/mol. The number of carboxylic acid groups (broad SMARTS) is 1. The summed E-state index contributed by atoms with van der Waals surface area (Å²) in [5.41, 5.74) is 0.804. The van der Waals surface area contributed by atoms with Gasteiger partial charge in [-0.3, -0.25) is 4.98 Å². The molecule has 0 aliphatic heterocycles. The maximum absolute atomic E-state index is 11.4. The van der Waals surface area contributed by atoms with Gasteiger partial charge in [-0.05, 0) is 13.0 Å². The monoisotopic (exact) mass is 275 g/mol. The topological polar surface area (TPSA) is 68.7 Å². The smallest absolute Gasteiger partial charge is 0.340 e. The lowest BCUT2D eigenvalue weighted by Gasteiger charge is -2.10. The Morgan fingerprint density at radius 3 is 2.85 bits per heavy atom. The molecule has 0 spiro atoms. The number of carboxylic acids is 1. The van der Waals surface area contributed by atoms with Crippen molar-refractivity contribution in [1.82, 2.24) is 4.98 Å². The molecule has 0 saturated heterocycles. The zero-order valence-corrected chi connectivity index (χ0v) is 11.3. The van der Waals surface area contributed by atoms with Crippen LogP contribution in [0.2, 0.25) is 0 Å². The predicted octanol–water partition coefficient (Wildman–Crippen LogP) is 2.74. The number of ether oxygens (including phenoxy) is 2. The number of rotatable bonds is 7. The lowest BCUT2D eigenvalue weighted by Crippen LogP contribution is -2.08. The Balaban J connectivity index is 2.20. The van der Waals surface area contributed by atoms with Gasteiger partial charge in [0.25, 0.3) is 0 Å². The van der Waals surface area contributed by atoms with Crippen molar-refractivity contribution in [3.8, 4) is 5.75 Å². The Morgan fingerprint density at radius 2 is 2.10 bits per heavy atom. The number of hydrogen-bond donors (Lipinski definition) is 1. The van der Waals surface area contributed by atoms with E-state index in [0.717, 1.165) is 0 Å². The van der Waals surface area contributed by atoms with E-state index >= 15 is 0 Å². The standard InChI is InChI=1S/C15H17NO4/c1-2-19-8-5-9-20-13-10-16-12-7-4-3-6-11(12)14(13)15(17)18/h3-4,6-7,10H,2,5,8-9H2,1H3,(H,17,18). The highest BCUT2D eigenvalue weighted by Crippen LogP contribution is 2.26. The highest BCUT2D eigenvalue weighted by Gasteiger charge is 2.16. The van der Waals surface area contributed by atoms with Crippen molar-refractivity contribution in [2.24, 2.45) is 0 Å². The molecule has 0 unspecified atom stereocenters. The largest absolute Gasteiger partial charge is 0.491 e. The minimum atomic E-state index is -1.01. The Morgan fingerprint density at radius 1 is 1.30 bits per heavy atom. The van der Waals surface area contributed by atoms with E-state index in [4.69, 9.17) is 9.47 Å². The van der Waals surface area contributed by atoms with Gasteiger partial charge in [0, 0.05) is 25.0 Å². The fourth-order valence-electron chi connectivity index (χ4n) is 1.94. The van der Waals surface area contributed by atoms with Crippen molar-refractivity contribution in [3.63, 3.8) is 0 Å². The van der Waals surface area contributed by atoms with Crippen LogP contribution >= 0.6 is 0 Å². The number of hydrogen-bond acceptors (Lipinski definition) is 4. The third-order valence-electron chi connectivity index (χ3n) is 2.85. The van der Waals surface area contributed by atoms with E-state index in [1.165, 1.54) is 6.20 Å². The molecule has 0 aliphatic rings. The molecule has 5 heteroatoms. The maximum Gasteiger partial charge on any atom is 0.340 e. The minimum absolute atomic E-state index is 0.159. The van der Waals surface area contributed by atoms with E-state index < -0.39 is 5.97 Å². The van der Waals surface area contributed by atoms with Gasteiger partial charge in [-0.2, -0.15) is 0 Å². The third-order valence-corrected chi connectivity index (χ3v) is 2.85. The molecular weight excluding hydrogens is 258 g/mol. The Kier molecular flexibility index (Phi) is 4.90. The van der Waals surface area contributed by atoms with Crippen molar-refractivity contribution in [1.29, 1.82) is 0 Å². The van der Waals surface area contributed by atoms with Crippen LogP contribution in [-0.2, 0) is 4.74 Å². The summed E-state index contributed by atoms with van der Waals surface area (Å²) in [4.78, 5) is 15.7. The zero-order valence-electron chi connectivity index (χ0n) is 11.3. The number of aromatic nitrogens is 1. The van der Waals surface area contributed by atoms with Crippen LogP contribution in [0.25, 0.3) is 10.9 Å². The second kappa shape index (κ2) is 6.86. The predicted molar refractivity (Wildman–Crippen MR) is 75.3 cm³/mol.